The number of methoxy groups -OCH3 is 8. The van der Waals surface area contributed by atoms with E-state index in [0.29, 0.717) is 54.9 Å². The van der Waals surface area contributed by atoms with Crippen molar-refractivity contribution in [2.45, 2.75) is 9.79 Å². The fraction of sp³-hybridized carbons (Fsp3) is 0.174. The van der Waals surface area contributed by atoms with Crippen LogP contribution in [0.5, 0.6) is 46.0 Å². The van der Waals surface area contributed by atoms with Crippen molar-refractivity contribution in [2.24, 2.45) is 0 Å². The number of sulfonamides is 2. The lowest BCUT2D eigenvalue weighted by atomic mass is 9.80. The zero-order chi connectivity index (χ0) is 50.8. The van der Waals surface area contributed by atoms with Gasteiger partial charge in [0.05, 0.1) is 56.9 Å². The van der Waals surface area contributed by atoms with Gasteiger partial charge >= 0.3 is 7.12 Å². The summed E-state index contributed by atoms with van der Waals surface area (Å²) in [6.07, 6.45) is 0. The van der Waals surface area contributed by atoms with Crippen LogP contribution in [0.2, 0.25) is 0 Å². The summed E-state index contributed by atoms with van der Waals surface area (Å²) in [6, 6.07) is 30.5. The third-order valence-corrected chi connectivity index (χ3v) is 13.3. The van der Waals surface area contributed by atoms with Gasteiger partial charge in [-0.3, -0.25) is 9.44 Å². The molecule has 0 bridgehead atoms. The molecule has 0 radical (unpaired) electrons. The molecule has 24 heteroatoms. The largest absolute Gasteiger partial charge is 0.497 e. The lowest BCUT2D eigenvalue weighted by Gasteiger charge is -2.14. The first-order valence-electron chi connectivity index (χ1n) is 20.3. The van der Waals surface area contributed by atoms with Gasteiger partial charge in [-0.15, -0.1) is 0 Å². The monoisotopic (exact) mass is 1060 g/mol. The molecule has 6 aromatic carbocycles. The van der Waals surface area contributed by atoms with E-state index in [4.69, 9.17) is 57.0 Å². The molecule has 2 heterocycles. The second-order valence-electron chi connectivity index (χ2n) is 14.1. The van der Waals surface area contributed by atoms with E-state index in [0.717, 1.165) is 11.1 Å². The van der Waals surface area contributed by atoms with E-state index in [1.54, 1.807) is 67.8 Å². The number of anilines is 2. The fourth-order valence-electron chi connectivity index (χ4n) is 6.94. The number of hydrogen-bond donors (Lipinski definition) is 4. The Bertz CT molecular complexity index is 3290. The van der Waals surface area contributed by atoms with Gasteiger partial charge in [-0.1, -0.05) is 74.8 Å². The molecule has 8 rings (SSSR count). The number of halogens is 1. The van der Waals surface area contributed by atoms with Crippen LogP contribution < -0.4 is 52.8 Å². The van der Waals surface area contributed by atoms with Crippen LogP contribution in [0.4, 0.5) is 11.6 Å². The normalized spacial score (nSPS) is 11.0. The third kappa shape index (κ3) is 11.2. The number of fused-ring (bicyclic) bond motifs is 2. The molecule has 0 saturated carbocycles. The van der Waals surface area contributed by atoms with Crippen molar-refractivity contribution in [1.82, 2.24) is 10.3 Å². The standard InChI is InChI=1S/C23H22N2O7S.C16H15BrN2O6S.C7H9BO3/c1-28-16-9-6-5-8-15(16)14-12-19(31-4)21-20(13-14)32-24-23(21)25-33(26,27)22-17(29-2)10-7-11-18(22)30-3;1-22-10-5-4-6-11(23-2)15(10)26(20,21)19-16-14-12(24-3)7-9(17)8-13(14)25-18-16;1-11-7-5-3-2-4-6(7)8(9)10/h5-13H,1-4H3,(H,24,25);4-8H,1-3H3,(H,18,19);2-5,9-10H,1H3. The molecule has 0 atom stereocenters. The van der Waals surface area contributed by atoms with E-state index in [1.165, 1.54) is 74.0 Å². The molecule has 70 heavy (non-hydrogen) atoms. The van der Waals surface area contributed by atoms with Gasteiger partial charge in [0, 0.05) is 15.5 Å². The maximum atomic E-state index is 13.3. The summed E-state index contributed by atoms with van der Waals surface area (Å²) in [5.74, 6) is 2.43. The van der Waals surface area contributed by atoms with Gasteiger partial charge in [0.2, 0.25) is 0 Å². The van der Waals surface area contributed by atoms with E-state index < -0.39 is 27.2 Å². The van der Waals surface area contributed by atoms with Gasteiger partial charge in [-0.25, -0.2) is 16.8 Å². The Hall–Kier alpha value is -7.38. The molecule has 0 aliphatic rings. The van der Waals surface area contributed by atoms with Crippen LogP contribution in [0.3, 0.4) is 0 Å². The number of nitrogens with one attached hydrogen (secondary N) is 2. The molecule has 4 N–H and O–H groups in total. The molecule has 8 aromatic rings. The lowest BCUT2D eigenvalue weighted by molar-refractivity contribution is 0.373. The highest BCUT2D eigenvalue weighted by atomic mass is 79.9. The van der Waals surface area contributed by atoms with Crippen molar-refractivity contribution in [1.29, 1.82) is 0 Å². The van der Waals surface area contributed by atoms with Crippen LogP contribution in [0.25, 0.3) is 33.1 Å². The molecule has 2 aromatic heterocycles. The van der Waals surface area contributed by atoms with E-state index >= 15 is 0 Å². The average Bonchev–Trinajstić information content (AvgIpc) is 3.97. The molecule has 0 spiro atoms. The predicted molar refractivity (Wildman–Crippen MR) is 264 cm³/mol. The quantitative estimate of drug-likeness (QED) is 0.0702. The molecule has 0 fully saturated rings. The number of aromatic nitrogens is 2. The fourth-order valence-corrected chi connectivity index (χ4v) is 10.0. The van der Waals surface area contributed by atoms with Gasteiger partial charge in [0.1, 0.15) is 56.8 Å². The van der Waals surface area contributed by atoms with Crippen LogP contribution in [0.1, 0.15) is 0 Å². The predicted octanol–water partition coefficient (Wildman–Crippen LogP) is 7.12. The van der Waals surface area contributed by atoms with E-state index in [2.05, 4.69) is 35.7 Å². The first-order chi connectivity index (χ1) is 33.6. The Morgan fingerprint density at radius 3 is 1.30 bits per heavy atom. The van der Waals surface area contributed by atoms with Gasteiger partial charge < -0.3 is 57.0 Å². The summed E-state index contributed by atoms with van der Waals surface area (Å²) in [4.78, 5) is -0.298. The van der Waals surface area contributed by atoms with Gasteiger partial charge in [-0.2, -0.15) is 0 Å². The molecular weight excluding hydrogens is 1020 g/mol. The van der Waals surface area contributed by atoms with Crippen LogP contribution in [0.15, 0.2) is 133 Å². The van der Waals surface area contributed by atoms with Gasteiger partial charge in [-0.05, 0) is 66.2 Å². The highest BCUT2D eigenvalue weighted by molar-refractivity contribution is 9.10. The van der Waals surface area contributed by atoms with Gasteiger partial charge in [0.15, 0.2) is 32.6 Å². The second kappa shape index (κ2) is 22.8. The van der Waals surface area contributed by atoms with Crippen LogP contribution in [0, 0.1) is 0 Å². The number of para-hydroxylation sites is 2. The number of ether oxygens (including phenoxy) is 8. The van der Waals surface area contributed by atoms with Crippen molar-refractivity contribution >= 4 is 82.1 Å². The molecule has 0 aliphatic carbocycles. The summed E-state index contributed by atoms with van der Waals surface area (Å²) >= 11 is 3.33. The maximum absolute atomic E-state index is 13.3. The molecule has 0 amide bonds. The average molecular weight is 1070 g/mol. The summed E-state index contributed by atoms with van der Waals surface area (Å²) < 4.78 is 111. The van der Waals surface area contributed by atoms with Crippen LogP contribution in [-0.4, -0.2) is 101 Å². The third-order valence-electron chi connectivity index (χ3n) is 10.1. The topological polar surface area (TPSA) is 259 Å². The van der Waals surface area contributed by atoms with Crippen molar-refractivity contribution < 1.29 is 73.8 Å². The SMILES string of the molecule is COc1cccc(OC)c1S(=O)(=O)Nc1noc2cc(Br)cc(OC)c12.COc1ccccc1-c1cc(OC)c2c(NS(=O)(=O)c3c(OC)cccc3OC)noc2c1.COc1ccccc1B(O)O. The minimum absolute atomic E-state index is 0.00249. The van der Waals surface area contributed by atoms with Crippen molar-refractivity contribution in [3.63, 3.8) is 0 Å². The Labute approximate surface area is 411 Å². The van der Waals surface area contributed by atoms with E-state index in [1.807, 2.05) is 24.3 Å². The molecule has 0 aliphatic heterocycles. The Morgan fingerprint density at radius 1 is 0.486 bits per heavy atom. The number of rotatable bonds is 16. The Morgan fingerprint density at radius 2 is 0.871 bits per heavy atom. The minimum Gasteiger partial charge on any atom is -0.497 e. The second-order valence-corrected chi connectivity index (χ2v) is 18.3. The smallest absolute Gasteiger partial charge is 0.492 e. The minimum atomic E-state index is -4.16. The highest BCUT2D eigenvalue weighted by Crippen LogP contribution is 2.42. The summed E-state index contributed by atoms with van der Waals surface area (Å²) in [5, 5.41) is 26.2. The summed E-state index contributed by atoms with van der Waals surface area (Å²) in [6.45, 7) is 0. The first-order valence-corrected chi connectivity index (χ1v) is 24.1. The molecular formula is C46H46BBrN4O16S2. The zero-order valence-electron chi connectivity index (χ0n) is 38.7. The van der Waals surface area contributed by atoms with Crippen molar-refractivity contribution in [3.8, 4) is 57.1 Å². The number of nitrogens with zero attached hydrogens (tertiary/aromatic N) is 2. The highest BCUT2D eigenvalue weighted by Gasteiger charge is 2.30. The molecule has 20 nitrogen and oxygen atoms in total. The van der Waals surface area contributed by atoms with E-state index in [9.17, 15) is 16.8 Å². The molecule has 0 saturated heterocycles. The maximum Gasteiger partial charge on any atom is 0.492 e. The first kappa shape index (κ1) is 52.0. The summed E-state index contributed by atoms with van der Waals surface area (Å²) in [5.41, 5.74) is 2.65. The lowest BCUT2D eigenvalue weighted by Crippen LogP contribution is -2.30. The van der Waals surface area contributed by atoms with Crippen molar-refractivity contribution in [2.75, 3.05) is 66.3 Å². The van der Waals surface area contributed by atoms with Crippen molar-refractivity contribution in [3.05, 3.63) is 114 Å². The summed E-state index contributed by atoms with van der Waals surface area (Å²) in [7, 11) is 1.82. The Kier molecular flexibility index (Phi) is 17.0. The van der Waals surface area contributed by atoms with Gasteiger partial charge in [0.25, 0.3) is 20.0 Å². The number of benzene rings is 6. The molecule has 368 valence electrons. The van der Waals surface area contributed by atoms with Crippen LogP contribution in [-0.2, 0) is 20.0 Å². The molecule has 0 unspecified atom stereocenters. The number of hydrogen-bond acceptors (Lipinski definition) is 18. The van der Waals surface area contributed by atoms with Crippen LogP contribution >= 0.6 is 15.9 Å². The van der Waals surface area contributed by atoms with E-state index in [-0.39, 0.29) is 44.4 Å². The Balaban J connectivity index is 0.000000192. The zero-order valence-corrected chi connectivity index (χ0v) is 41.9.